The summed E-state index contributed by atoms with van der Waals surface area (Å²) in [5, 5.41) is 0. The molecule has 7 nitrogen and oxygen atoms in total. The third-order valence-corrected chi connectivity index (χ3v) is 6.82. The minimum atomic E-state index is -0.0489. The Labute approximate surface area is 185 Å². The zero-order valence-electron chi connectivity index (χ0n) is 18.4. The summed E-state index contributed by atoms with van der Waals surface area (Å²) in [5.74, 6) is 0.737. The second-order valence-electron chi connectivity index (χ2n) is 8.82. The van der Waals surface area contributed by atoms with E-state index in [1.54, 1.807) is 0 Å². The van der Waals surface area contributed by atoms with Crippen molar-refractivity contribution in [3.63, 3.8) is 0 Å². The minimum Gasteiger partial charge on any atom is -0.378 e. The fraction of sp³-hybridized carbons (Fsp3) is 0.667. The lowest BCUT2D eigenvalue weighted by Gasteiger charge is -2.43. The second-order valence-corrected chi connectivity index (χ2v) is 8.82. The Kier molecular flexibility index (Phi) is 7.94. The van der Waals surface area contributed by atoms with Gasteiger partial charge in [0.05, 0.1) is 25.9 Å². The molecule has 2 heterocycles. The van der Waals surface area contributed by atoms with Crippen molar-refractivity contribution >= 4 is 11.8 Å². The highest BCUT2D eigenvalue weighted by Crippen LogP contribution is 2.32. The number of piperazine rings is 1. The fourth-order valence-electron chi connectivity index (χ4n) is 5.07. The van der Waals surface area contributed by atoms with Crippen molar-refractivity contribution in [3.05, 3.63) is 35.9 Å². The van der Waals surface area contributed by atoms with Gasteiger partial charge in [-0.05, 0) is 24.3 Å². The normalized spacial score (nSPS) is 21.9. The topological polar surface area (TPSA) is 62.3 Å². The van der Waals surface area contributed by atoms with E-state index in [4.69, 9.17) is 9.47 Å². The van der Waals surface area contributed by atoms with E-state index in [9.17, 15) is 9.59 Å². The second kappa shape index (κ2) is 11.1. The largest absolute Gasteiger partial charge is 0.378 e. The van der Waals surface area contributed by atoms with E-state index in [-0.39, 0.29) is 24.5 Å². The summed E-state index contributed by atoms with van der Waals surface area (Å²) in [6.45, 7) is 6.03. The number of nitrogens with zero attached hydrogens (tertiary/aromatic N) is 3. The first kappa shape index (κ1) is 22.2. The smallest absolute Gasteiger partial charge is 0.248 e. The third kappa shape index (κ3) is 5.84. The maximum absolute atomic E-state index is 13.4. The zero-order valence-corrected chi connectivity index (χ0v) is 18.4. The van der Waals surface area contributed by atoms with Gasteiger partial charge in [-0.2, -0.15) is 0 Å². The number of benzene rings is 1. The van der Waals surface area contributed by atoms with E-state index in [2.05, 4.69) is 4.90 Å². The molecule has 0 radical (unpaired) electrons. The summed E-state index contributed by atoms with van der Waals surface area (Å²) in [7, 11) is 0. The molecule has 0 aromatic heterocycles. The van der Waals surface area contributed by atoms with Gasteiger partial charge in [-0.25, -0.2) is 0 Å². The van der Waals surface area contributed by atoms with Crippen LogP contribution in [0.2, 0.25) is 0 Å². The minimum absolute atomic E-state index is 0.0347. The molecule has 3 aliphatic rings. The van der Waals surface area contributed by atoms with E-state index in [0.29, 0.717) is 51.9 Å². The molecule has 1 aromatic rings. The van der Waals surface area contributed by atoms with Crippen LogP contribution in [0.25, 0.3) is 0 Å². The number of hydrogen-bond donors (Lipinski definition) is 0. The van der Waals surface area contributed by atoms with Crippen LogP contribution in [0.3, 0.4) is 0 Å². The lowest BCUT2D eigenvalue weighted by molar-refractivity contribution is -0.146. The monoisotopic (exact) mass is 429 g/mol. The molecule has 2 amide bonds. The van der Waals surface area contributed by atoms with Crippen molar-refractivity contribution in [2.24, 2.45) is 5.92 Å². The Hall–Kier alpha value is -1.96. The molecule has 170 valence electrons. The van der Waals surface area contributed by atoms with Crippen LogP contribution in [0, 0.1) is 5.92 Å². The lowest BCUT2D eigenvalue weighted by atomic mass is 9.94. The molecule has 31 heavy (non-hydrogen) atoms. The molecule has 0 N–H and O–H groups in total. The van der Waals surface area contributed by atoms with Crippen LogP contribution < -0.4 is 0 Å². The van der Waals surface area contributed by atoms with Crippen molar-refractivity contribution in [1.82, 2.24) is 14.7 Å². The highest BCUT2D eigenvalue weighted by Gasteiger charge is 2.39. The predicted octanol–water partition coefficient (Wildman–Crippen LogP) is 1.76. The number of ether oxygens (including phenoxy) is 2. The van der Waals surface area contributed by atoms with Crippen molar-refractivity contribution in [2.75, 3.05) is 59.1 Å². The molecule has 4 rings (SSSR count). The number of carbonyl (C=O) groups is 2. The molecule has 1 atom stereocenters. The summed E-state index contributed by atoms with van der Waals surface area (Å²) in [6, 6.07) is 9.86. The van der Waals surface area contributed by atoms with E-state index < -0.39 is 0 Å². The number of carbonyl (C=O) groups excluding carboxylic acids is 2. The Balaban J connectivity index is 1.28. The van der Waals surface area contributed by atoms with Gasteiger partial charge in [0.25, 0.3) is 0 Å². The summed E-state index contributed by atoms with van der Waals surface area (Å²) in [5.41, 5.74) is 1.07. The molecule has 0 unspecified atom stereocenters. The van der Waals surface area contributed by atoms with Gasteiger partial charge in [0.15, 0.2) is 0 Å². The van der Waals surface area contributed by atoms with E-state index in [1.807, 2.05) is 40.1 Å². The van der Waals surface area contributed by atoms with Crippen LogP contribution in [0.4, 0.5) is 0 Å². The van der Waals surface area contributed by atoms with Gasteiger partial charge in [-0.1, -0.05) is 43.2 Å². The summed E-state index contributed by atoms with van der Waals surface area (Å²) in [6.07, 6.45) is 4.70. The molecule has 7 heteroatoms. The lowest BCUT2D eigenvalue weighted by Crippen LogP contribution is -2.59. The highest BCUT2D eigenvalue weighted by atomic mass is 16.5. The van der Waals surface area contributed by atoms with Crippen molar-refractivity contribution in [2.45, 2.75) is 38.3 Å². The van der Waals surface area contributed by atoms with Crippen LogP contribution in [-0.2, 0) is 25.7 Å². The van der Waals surface area contributed by atoms with Crippen LogP contribution in [0.1, 0.15) is 31.2 Å². The maximum Gasteiger partial charge on any atom is 0.248 e. The number of morpholine rings is 1. The molecular weight excluding hydrogens is 394 g/mol. The molecule has 2 aliphatic heterocycles. The molecular formula is C24H35N3O4. The summed E-state index contributed by atoms with van der Waals surface area (Å²) < 4.78 is 11.1. The SMILES string of the molecule is O=C(COCc1ccccc1)N1CCN([C@@H](C(=O)N2CCOCC2)C2CCCC2)CC1. The van der Waals surface area contributed by atoms with E-state index >= 15 is 0 Å². The van der Waals surface area contributed by atoms with Gasteiger partial charge in [-0.3, -0.25) is 14.5 Å². The first-order valence-electron chi connectivity index (χ1n) is 11.7. The number of rotatable bonds is 7. The molecule has 3 fully saturated rings. The Morgan fingerprint density at radius 1 is 0.935 bits per heavy atom. The first-order valence-corrected chi connectivity index (χ1v) is 11.7. The first-order chi connectivity index (χ1) is 15.2. The van der Waals surface area contributed by atoms with Crippen molar-refractivity contribution < 1.29 is 19.1 Å². The summed E-state index contributed by atoms with van der Waals surface area (Å²) in [4.78, 5) is 32.2. The Morgan fingerprint density at radius 3 is 2.29 bits per heavy atom. The van der Waals surface area contributed by atoms with Gasteiger partial charge in [-0.15, -0.1) is 0 Å². The molecule has 0 spiro atoms. The molecule has 2 saturated heterocycles. The average molecular weight is 430 g/mol. The van der Waals surface area contributed by atoms with Crippen molar-refractivity contribution in [3.8, 4) is 0 Å². The number of hydrogen-bond acceptors (Lipinski definition) is 5. The predicted molar refractivity (Wildman–Crippen MR) is 117 cm³/mol. The summed E-state index contributed by atoms with van der Waals surface area (Å²) >= 11 is 0. The van der Waals surface area contributed by atoms with Crippen LogP contribution in [0.15, 0.2) is 30.3 Å². The zero-order chi connectivity index (χ0) is 21.5. The molecule has 1 aromatic carbocycles. The van der Waals surface area contributed by atoms with Gasteiger partial charge >= 0.3 is 0 Å². The van der Waals surface area contributed by atoms with E-state index in [1.165, 1.54) is 12.8 Å². The highest BCUT2D eigenvalue weighted by molar-refractivity contribution is 5.82. The van der Waals surface area contributed by atoms with Crippen LogP contribution >= 0.6 is 0 Å². The fourth-order valence-corrected chi connectivity index (χ4v) is 5.07. The van der Waals surface area contributed by atoms with Gasteiger partial charge in [0.1, 0.15) is 6.61 Å². The Morgan fingerprint density at radius 2 is 1.61 bits per heavy atom. The third-order valence-electron chi connectivity index (χ3n) is 6.82. The van der Waals surface area contributed by atoms with Gasteiger partial charge in [0, 0.05) is 39.3 Å². The average Bonchev–Trinajstić information content (AvgIpc) is 3.35. The quantitative estimate of drug-likeness (QED) is 0.661. The van der Waals surface area contributed by atoms with E-state index in [0.717, 1.165) is 31.5 Å². The van der Waals surface area contributed by atoms with Gasteiger partial charge < -0.3 is 19.3 Å². The number of amides is 2. The molecule has 1 saturated carbocycles. The van der Waals surface area contributed by atoms with Crippen molar-refractivity contribution in [1.29, 1.82) is 0 Å². The molecule has 1 aliphatic carbocycles. The standard InChI is InChI=1S/C24H35N3O4/c28-22(19-31-18-20-6-2-1-3-7-20)25-10-12-26(13-11-25)23(21-8-4-5-9-21)24(29)27-14-16-30-17-15-27/h1-3,6-7,21,23H,4-5,8-19H2/t23-/m1/s1. The molecule has 0 bridgehead atoms. The van der Waals surface area contributed by atoms with Gasteiger partial charge in [0.2, 0.25) is 11.8 Å². The van der Waals surface area contributed by atoms with Crippen LogP contribution in [0.5, 0.6) is 0 Å². The Bertz CT molecular complexity index is 709. The maximum atomic E-state index is 13.4. The van der Waals surface area contributed by atoms with Crippen LogP contribution in [-0.4, -0.2) is 91.6 Å².